The molecule has 0 spiro atoms. The molecule has 152 valence electrons. The van der Waals surface area contributed by atoms with Crippen LogP contribution in [0.5, 0.6) is 0 Å². The summed E-state index contributed by atoms with van der Waals surface area (Å²) in [5.41, 5.74) is 1.01. The van der Waals surface area contributed by atoms with Gasteiger partial charge in [-0.3, -0.25) is 9.59 Å². The van der Waals surface area contributed by atoms with E-state index in [9.17, 15) is 9.59 Å². The van der Waals surface area contributed by atoms with E-state index in [1.54, 1.807) is 6.92 Å². The summed E-state index contributed by atoms with van der Waals surface area (Å²) in [6.45, 7) is 5.33. The summed E-state index contributed by atoms with van der Waals surface area (Å²) in [5.74, 6) is -2.33. The van der Waals surface area contributed by atoms with Crippen LogP contribution < -0.4 is 0 Å². The Bertz CT molecular complexity index is 545. The molecule has 0 bridgehead atoms. The van der Waals surface area contributed by atoms with Crippen LogP contribution in [-0.2, 0) is 30.2 Å². The van der Waals surface area contributed by atoms with E-state index in [1.165, 1.54) is 0 Å². The Hall–Kier alpha value is -1.92. The Kier molecular flexibility index (Phi) is 11.4. The van der Waals surface area contributed by atoms with Gasteiger partial charge in [0.25, 0.3) is 0 Å². The Morgan fingerprint density at radius 3 is 2.37 bits per heavy atom. The van der Waals surface area contributed by atoms with Crippen LogP contribution in [0.2, 0.25) is 0 Å². The van der Waals surface area contributed by atoms with E-state index >= 15 is 0 Å². The molecule has 1 N–H and O–H groups in total. The molecule has 0 saturated carbocycles. The van der Waals surface area contributed by atoms with Gasteiger partial charge in [-0.25, -0.2) is 0 Å². The lowest BCUT2D eigenvalue weighted by molar-refractivity contribution is -0.227. The summed E-state index contributed by atoms with van der Waals surface area (Å²) >= 11 is 0. The van der Waals surface area contributed by atoms with Gasteiger partial charge >= 0.3 is 11.9 Å². The fourth-order valence-electron chi connectivity index (χ4n) is 2.59. The highest BCUT2D eigenvalue weighted by molar-refractivity contribution is 5.70. The molecule has 0 aliphatic heterocycles. The Balaban J connectivity index is 2.53. The topological polar surface area (TPSA) is 82.1 Å². The predicted octanol–water partition coefficient (Wildman–Crippen LogP) is 3.97. The number of unbranched alkanes of at least 4 members (excludes halogenated alkanes) is 2. The van der Waals surface area contributed by atoms with Gasteiger partial charge < -0.3 is 19.3 Å². The predicted molar refractivity (Wildman–Crippen MR) is 102 cm³/mol. The van der Waals surface area contributed by atoms with Gasteiger partial charge in [0, 0.05) is 32.8 Å². The van der Waals surface area contributed by atoms with Crippen LogP contribution in [0.25, 0.3) is 0 Å². The molecule has 0 aromatic heterocycles. The monoisotopic (exact) mass is 380 g/mol. The number of esters is 1. The second-order valence-electron chi connectivity index (χ2n) is 6.69. The number of hydrogen-bond acceptors (Lipinski definition) is 5. The zero-order valence-corrected chi connectivity index (χ0v) is 16.4. The summed E-state index contributed by atoms with van der Waals surface area (Å²) in [5, 5.41) is 8.66. The largest absolute Gasteiger partial charge is 0.481 e. The van der Waals surface area contributed by atoms with Gasteiger partial charge in [0.05, 0.1) is 13.2 Å². The van der Waals surface area contributed by atoms with Crippen molar-refractivity contribution in [1.82, 2.24) is 0 Å². The van der Waals surface area contributed by atoms with Gasteiger partial charge in [-0.05, 0) is 24.8 Å². The first kappa shape index (κ1) is 23.1. The lowest BCUT2D eigenvalue weighted by Crippen LogP contribution is -2.38. The molecule has 6 heteroatoms. The van der Waals surface area contributed by atoms with E-state index in [2.05, 4.69) is 6.92 Å². The molecule has 0 aliphatic rings. The molecule has 0 heterocycles. The Morgan fingerprint density at radius 1 is 1.00 bits per heavy atom. The highest BCUT2D eigenvalue weighted by atomic mass is 16.7. The van der Waals surface area contributed by atoms with E-state index in [0.29, 0.717) is 39.1 Å². The standard InChI is InChI=1S/C21H32O6/c1-3-4-14-25-15-16-26-21(2,17-18-10-6-5-7-11-18)27-20(24)13-9-8-12-19(22)23/h5-7,10-11H,3-4,8-9,12-17H2,1-2H3,(H,22,23). The molecule has 0 fully saturated rings. The van der Waals surface area contributed by atoms with Crippen molar-refractivity contribution in [1.29, 1.82) is 0 Å². The number of carboxylic acid groups (broad SMARTS) is 1. The van der Waals surface area contributed by atoms with Crippen LogP contribution in [-0.4, -0.2) is 42.7 Å². The first-order chi connectivity index (χ1) is 12.9. The van der Waals surface area contributed by atoms with E-state index in [0.717, 1.165) is 18.4 Å². The number of carboxylic acids is 1. The van der Waals surface area contributed by atoms with Crippen LogP contribution >= 0.6 is 0 Å². The van der Waals surface area contributed by atoms with Crippen LogP contribution in [0.4, 0.5) is 0 Å². The SMILES string of the molecule is CCCCOCCOC(C)(Cc1ccccc1)OC(=O)CCCCC(=O)O. The maximum Gasteiger partial charge on any atom is 0.308 e. The second kappa shape index (κ2) is 13.3. The summed E-state index contributed by atoms with van der Waals surface area (Å²) in [6.07, 6.45) is 3.68. The van der Waals surface area contributed by atoms with Crippen molar-refractivity contribution in [3.05, 3.63) is 35.9 Å². The number of rotatable bonds is 15. The average Bonchev–Trinajstić information content (AvgIpc) is 2.62. The molecule has 1 atom stereocenters. The summed E-state index contributed by atoms with van der Waals surface area (Å²) in [6, 6.07) is 9.70. The maximum absolute atomic E-state index is 12.2. The van der Waals surface area contributed by atoms with E-state index < -0.39 is 11.8 Å². The smallest absolute Gasteiger partial charge is 0.308 e. The molecule has 1 aromatic rings. The molecule has 0 radical (unpaired) electrons. The number of carbonyl (C=O) groups is 2. The van der Waals surface area contributed by atoms with Crippen LogP contribution in [0.3, 0.4) is 0 Å². The first-order valence-corrected chi connectivity index (χ1v) is 9.64. The third-order valence-corrected chi connectivity index (χ3v) is 4.00. The van der Waals surface area contributed by atoms with E-state index in [-0.39, 0.29) is 18.8 Å². The highest BCUT2D eigenvalue weighted by Crippen LogP contribution is 2.21. The lowest BCUT2D eigenvalue weighted by atomic mass is 10.1. The molecule has 1 rings (SSSR count). The number of carbonyl (C=O) groups excluding carboxylic acids is 1. The quantitative estimate of drug-likeness (QED) is 0.282. The minimum atomic E-state index is -1.08. The van der Waals surface area contributed by atoms with Crippen molar-refractivity contribution in [3.8, 4) is 0 Å². The fourth-order valence-corrected chi connectivity index (χ4v) is 2.59. The van der Waals surface area contributed by atoms with Gasteiger partial charge in [0.2, 0.25) is 5.79 Å². The van der Waals surface area contributed by atoms with Crippen LogP contribution in [0.15, 0.2) is 30.3 Å². The number of aliphatic carboxylic acids is 1. The summed E-state index contributed by atoms with van der Waals surface area (Å²) < 4.78 is 17.0. The fraction of sp³-hybridized carbons (Fsp3) is 0.619. The van der Waals surface area contributed by atoms with Gasteiger partial charge in [0.15, 0.2) is 0 Å². The third-order valence-electron chi connectivity index (χ3n) is 4.00. The summed E-state index contributed by atoms with van der Waals surface area (Å²) in [7, 11) is 0. The number of hydrogen-bond donors (Lipinski definition) is 1. The normalized spacial score (nSPS) is 13.1. The molecule has 0 amide bonds. The zero-order valence-electron chi connectivity index (χ0n) is 16.4. The van der Waals surface area contributed by atoms with E-state index in [1.807, 2.05) is 30.3 Å². The van der Waals surface area contributed by atoms with E-state index in [4.69, 9.17) is 19.3 Å². The number of benzene rings is 1. The summed E-state index contributed by atoms with van der Waals surface area (Å²) in [4.78, 5) is 22.7. The van der Waals surface area contributed by atoms with Crippen molar-refractivity contribution in [2.45, 2.75) is 64.6 Å². The Labute approximate surface area is 161 Å². The molecule has 1 aromatic carbocycles. The van der Waals surface area contributed by atoms with Crippen molar-refractivity contribution >= 4 is 11.9 Å². The molecular formula is C21H32O6. The molecule has 0 aliphatic carbocycles. The Morgan fingerprint density at radius 2 is 1.70 bits per heavy atom. The minimum absolute atomic E-state index is 0.0557. The maximum atomic E-state index is 12.2. The van der Waals surface area contributed by atoms with Crippen LogP contribution in [0.1, 0.15) is 57.9 Å². The van der Waals surface area contributed by atoms with Gasteiger partial charge in [-0.15, -0.1) is 0 Å². The van der Waals surface area contributed by atoms with Gasteiger partial charge in [-0.2, -0.15) is 0 Å². The average molecular weight is 380 g/mol. The minimum Gasteiger partial charge on any atom is -0.481 e. The first-order valence-electron chi connectivity index (χ1n) is 9.64. The molecule has 27 heavy (non-hydrogen) atoms. The third kappa shape index (κ3) is 11.4. The molecule has 0 saturated heterocycles. The number of ether oxygens (including phenoxy) is 3. The molecule has 1 unspecified atom stereocenters. The van der Waals surface area contributed by atoms with Crippen LogP contribution in [0, 0.1) is 0 Å². The lowest BCUT2D eigenvalue weighted by Gasteiger charge is -2.30. The second-order valence-corrected chi connectivity index (χ2v) is 6.69. The van der Waals surface area contributed by atoms with Gasteiger partial charge in [-0.1, -0.05) is 43.7 Å². The highest BCUT2D eigenvalue weighted by Gasteiger charge is 2.30. The van der Waals surface area contributed by atoms with Gasteiger partial charge in [0.1, 0.15) is 0 Å². The zero-order chi connectivity index (χ0) is 20.0. The molecular weight excluding hydrogens is 348 g/mol. The van der Waals surface area contributed by atoms with Crippen molar-refractivity contribution in [2.75, 3.05) is 19.8 Å². The molecule has 6 nitrogen and oxygen atoms in total. The van der Waals surface area contributed by atoms with Crippen molar-refractivity contribution in [2.24, 2.45) is 0 Å². The van der Waals surface area contributed by atoms with Crippen molar-refractivity contribution < 1.29 is 28.9 Å². The van der Waals surface area contributed by atoms with Crippen molar-refractivity contribution in [3.63, 3.8) is 0 Å².